The fourth-order valence-electron chi connectivity index (χ4n) is 1.88. The summed E-state index contributed by atoms with van der Waals surface area (Å²) < 4.78 is 0. The highest BCUT2D eigenvalue weighted by Gasteiger charge is 2.12. The van der Waals surface area contributed by atoms with Crippen molar-refractivity contribution in [3.8, 4) is 0 Å². The minimum Gasteiger partial charge on any atom is -0.390 e. The number of anilines is 1. The fourth-order valence-corrected chi connectivity index (χ4v) is 1.88. The van der Waals surface area contributed by atoms with E-state index in [2.05, 4.69) is 30.7 Å². The molecule has 1 N–H and O–H groups in total. The second kappa shape index (κ2) is 7.28. The Morgan fingerprint density at radius 1 is 1.41 bits per heavy atom. The molecular formula is C14H24N2O. The van der Waals surface area contributed by atoms with Crippen molar-refractivity contribution in [3.05, 3.63) is 24.0 Å². The molecule has 1 unspecified atom stereocenters. The summed E-state index contributed by atoms with van der Waals surface area (Å²) in [5, 5.41) is 9.13. The number of aliphatic hydroxyl groups excluding tert-OH is 1. The first kappa shape index (κ1) is 14.0. The van der Waals surface area contributed by atoms with E-state index in [-0.39, 0.29) is 6.61 Å². The molecule has 1 heterocycles. The van der Waals surface area contributed by atoms with Crippen molar-refractivity contribution in [2.24, 2.45) is 0 Å². The van der Waals surface area contributed by atoms with Crippen molar-refractivity contribution < 1.29 is 5.11 Å². The molecular weight excluding hydrogens is 212 g/mol. The Hall–Kier alpha value is -1.09. The summed E-state index contributed by atoms with van der Waals surface area (Å²) in [6.07, 6.45) is 5.30. The second-order valence-corrected chi connectivity index (χ2v) is 4.47. The highest BCUT2D eigenvalue weighted by Crippen LogP contribution is 2.19. The zero-order valence-corrected chi connectivity index (χ0v) is 11.2. The van der Waals surface area contributed by atoms with E-state index in [1.165, 1.54) is 18.5 Å². The average molecular weight is 236 g/mol. The Labute approximate surface area is 104 Å². The summed E-state index contributed by atoms with van der Waals surface area (Å²) in [4.78, 5) is 6.54. The first-order chi connectivity index (χ1) is 8.22. The molecule has 0 fully saturated rings. The Kier molecular flexibility index (Phi) is 5.98. The van der Waals surface area contributed by atoms with Gasteiger partial charge in [0.2, 0.25) is 0 Å². The lowest BCUT2D eigenvalue weighted by atomic mass is 10.1. The van der Waals surface area contributed by atoms with Crippen molar-refractivity contribution >= 4 is 5.69 Å². The summed E-state index contributed by atoms with van der Waals surface area (Å²) in [6, 6.07) is 4.54. The van der Waals surface area contributed by atoms with Gasteiger partial charge in [-0.2, -0.15) is 0 Å². The van der Waals surface area contributed by atoms with Gasteiger partial charge in [0.1, 0.15) is 0 Å². The third-order valence-electron chi connectivity index (χ3n) is 3.17. The van der Waals surface area contributed by atoms with Gasteiger partial charge in [0.15, 0.2) is 0 Å². The largest absolute Gasteiger partial charge is 0.390 e. The number of unbranched alkanes of at least 4 members (excludes halogenated alkanes) is 1. The zero-order valence-electron chi connectivity index (χ0n) is 11.2. The van der Waals surface area contributed by atoms with E-state index >= 15 is 0 Å². The van der Waals surface area contributed by atoms with E-state index in [0.717, 1.165) is 18.7 Å². The highest BCUT2D eigenvalue weighted by atomic mass is 16.3. The van der Waals surface area contributed by atoms with Crippen LogP contribution in [-0.4, -0.2) is 22.7 Å². The third kappa shape index (κ3) is 4.00. The maximum Gasteiger partial charge on any atom is 0.0853 e. The number of pyridine rings is 1. The van der Waals surface area contributed by atoms with E-state index in [0.29, 0.717) is 6.04 Å². The van der Waals surface area contributed by atoms with Gasteiger partial charge in [0.05, 0.1) is 12.3 Å². The van der Waals surface area contributed by atoms with Crippen LogP contribution in [0, 0.1) is 0 Å². The molecule has 1 aromatic heterocycles. The van der Waals surface area contributed by atoms with E-state index < -0.39 is 0 Å². The predicted octanol–water partition coefficient (Wildman–Crippen LogP) is 2.98. The molecule has 0 aliphatic rings. The molecule has 0 spiro atoms. The quantitative estimate of drug-likeness (QED) is 0.790. The lowest BCUT2D eigenvalue weighted by Gasteiger charge is -2.31. The molecule has 0 bridgehead atoms. The van der Waals surface area contributed by atoms with Crippen LogP contribution in [0.4, 0.5) is 5.69 Å². The lowest BCUT2D eigenvalue weighted by molar-refractivity contribution is 0.277. The van der Waals surface area contributed by atoms with Crippen LogP contribution in [0.2, 0.25) is 0 Å². The number of nitrogens with zero attached hydrogens (tertiary/aromatic N) is 2. The van der Waals surface area contributed by atoms with Gasteiger partial charge in [-0.05, 0) is 31.9 Å². The summed E-state index contributed by atoms with van der Waals surface area (Å²) in [5.74, 6) is 0. The van der Waals surface area contributed by atoms with E-state index in [1.807, 2.05) is 12.1 Å². The van der Waals surface area contributed by atoms with Crippen LogP contribution in [0.1, 0.15) is 45.7 Å². The predicted molar refractivity (Wildman–Crippen MR) is 72.2 cm³/mol. The van der Waals surface area contributed by atoms with Crippen LogP contribution in [0.25, 0.3) is 0 Å². The van der Waals surface area contributed by atoms with Gasteiger partial charge in [0, 0.05) is 24.5 Å². The third-order valence-corrected chi connectivity index (χ3v) is 3.17. The van der Waals surface area contributed by atoms with Gasteiger partial charge in [-0.1, -0.05) is 20.3 Å². The standard InChI is InChI=1S/C14H24N2O/c1-4-6-9-16(12(3)5-2)14-7-8-15-13(10-14)11-17/h7-8,10,12,17H,4-6,9,11H2,1-3H3. The van der Waals surface area contributed by atoms with Crippen LogP contribution in [0.15, 0.2) is 18.3 Å². The summed E-state index contributed by atoms with van der Waals surface area (Å²) in [5.41, 5.74) is 1.92. The van der Waals surface area contributed by atoms with Gasteiger partial charge in [-0.15, -0.1) is 0 Å². The van der Waals surface area contributed by atoms with Crippen LogP contribution < -0.4 is 4.90 Å². The molecule has 1 aromatic rings. The van der Waals surface area contributed by atoms with Gasteiger partial charge in [0.25, 0.3) is 0 Å². The number of aliphatic hydroxyl groups is 1. The molecule has 3 heteroatoms. The smallest absolute Gasteiger partial charge is 0.0853 e. The van der Waals surface area contributed by atoms with Crippen LogP contribution >= 0.6 is 0 Å². The van der Waals surface area contributed by atoms with Crippen LogP contribution in [0.3, 0.4) is 0 Å². The van der Waals surface area contributed by atoms with Crippen molar-refractivity contribution in [2.45, 2.75) is 52.7 Å². The molecule has 0 aromatic carbocycles. The van der Waals surface area contributed by atoms with Crippen LogP contribution in [0.5, 0.6) is 0 Å². The SMILES string of the molecule is CCCCN(c1ccnc(CO)c1)C(C)CC. The minimum atomic E-state index is 0.00988. The first-order valence-corrected chi connectivity index (χ1v) is 6.55. The molecule has 0 saturated heterocycles. The average Bonchev–Trinajstić information content (AvgIpc) is 2.39. The van der Waals surface area contributed by atoms with E-state index in [1.54, 1.807) is 6.20 Å². The van der Waals surface area contributed by atoms with Crippen LogP contribution in [-0.2, 0) is 6.61 Å². The molecule has 1 rings (SSSR count). The lowest BCUT2D eigenvalue weighted by Crippen LogP contribution is -2.33. The maximum absolute atomic E-state index is 9.13. The van der Waals surface area contributed by atoms with Gasteiger partial charge in [-0.3, -0.25) is 4.98 Å². The number of hydrogen-bond acceptors (Lipinski definition) is 3. The Morgan fingerprint density at radius 2 is 2.18 bits per heavy atom. The summed E-state index contributed by atoms with van der Waals surface area (Å²) >= 11 is 0. The highest BCUT2D eigenvalue weighted by molar-refractivity contribution is 5.47. The second-order valence-electron chi connectivity index (χ2n) is 4.47. The topological polar surface area (TPSA) is 36.4 Å². The normalized spacial score (nSPS) is 12.5. The molecule has 0 aliphatic heterocycles. The van der Waals surface area contributed by atoms with Crippen molar-refractivity contribution in [2.75, 3.05) is 11.4 Å². The Bertz CT molecular complexity index is 328. The van der Waals surface area contributed by atoms with Gasteiger partial charge in [-0.25, -0.2) is 0 Å². The van der Waals surface area contributed by atoms with E-state index in [9.17, 15) is 0 Å². The zero-order chi connectivity index (χ0) is 12.7. The van der Waals surface area contributed by atoms with Crippen molar-refractivity contribution in [1.82, 2.24) is 4.98 Å². The number of hydrogen-bond donors (Lipinski definition) is 1. The monoisotopic (exact) mass is 236 g/mol. The number of rotatable bonds is 7. The van der Waals surface area contributed by atoms with Crippen molar-refractivity contribution in [1.29, 1.82) is 0 Å². The molecule has 17 heavy (non-hydrogen) atoms. The fraction of sp³-hybridized carbons (Fsp3) is 0.643. The molecule has 96 valence electrons. The Morgan fingerprint density at radius 3 is 2.76 bits per heavy atom. The molecule has 0 aliphatic carbocycles. The summed E-state index contributed by atoms with van der Waals surface area (Å²) in [6.45, 7) is 7.74. The van der Waals surface area contributed by atoms with Gasteiger partial charge < -0.3 is 10.0 Å². The van der Waals surface area contributed by atoms with Crippen molar-refractivity contribution in [3.63, 3.8) is 0 Å². The van der Waals surface area contributed by atoms with Gasteiger partial charge >= 0.3 is 0 Å². The summed E-state index contributed by atoms with van der Waals surface area (Å²) in [7, 11) is 0. The molecule has 0 saturated carbocycles. The number of aromatic nitrogens is 1. The maximum atomic E-state index is 9.13. The first-order valence-electron chi connectivity index (χ1n) is 6.55. The molecule has 0 amide bonds. The van der Waals surface area contributed by atoms with E-state index in [4.69, 9.17) is 5.11 Å². The Balaban J connectivity index is 2.86. The minimum absolute atomic E-state index is 0.00988. The molecule has 0 radical (unpaired) electrons. The molecule has 1 atom stereocenters. The molecule has 3 nitrogen and oxygen atoms in total.